The Morgan fingerprint density at radius 3 is 2.57 bits per heavy atom. The summed E-state index contributed by atoms with van der Waals surface area (Å²) in [4.78, 5) is 7.15. The molecule has 0 radical (unpaired) electrons. The van der Waals surface area contributed by atoms with Gasteiger partial charge in [0.1, 0.15) is 5.75 Å². The van der Waals surface area contributed by atoms with Gasteiger partial charge in [-0.25, -0.2) is 0 Å². The van der Waals surface area contributed by atoms with Crippen molar-refractivity contribution in [3.05, 3.63) is 23.5 Å². The minimum Gasteiger partial charge on any atom is -0.495 e. The molecule has 4 nitrogen and oxygen atoms in total. The van der Waals surface area contributed by atoms with E-state index in [4.69, 9.17) is 10.5 Å². The fourth-order valence-electron chi connectivity index (χ4n) is 3.90. The van der Waals surface area contributed by atoms with E-state index in [2.05, 4.69) is 36.7 Å². The van der Waals surface area contributed by atoms with E-state index in [9.17, 15) is 0 Å². The van der Waals surface area contributed by atoms with E-state index >= 15 is 0 Å². The van der Waals surface area contributed by atoms with Gasteiger partial charge in [0.15, 0.2) is 0 Å². The molecule has 2 aliphatic rings. The molecule has 21 heavy (non-hydrogen) atoms. The summed E-state index contributed by atoms with van der Waals surface area (Å²) in [5.74, 6) is 0.813. The highest BCUT2D eigenvalue weighted by Crippen LogP contribution is 2.51. The number of nitrogens with zero attached hydrogens (tertiary/aromatic N) is 2. The standard InChI is InChI=1S/C17H27N3O/c1-16(2,3)20-7-5-17(6-8-20)10-14-13(15(17)18)9-12(21-4)11-19-14/h9,11,15H,5-8,10,18H2,1-4H3/t15-/m0/s1. The fraction of sp³-hybridized carbons (Fsp3) is 0.706. The van der Waals surface area contributed by atoms with Crippen LogP contribution in [0, 0.1) is 5.41 Å². The number of aromatic nitrogens is 1. The van der Waals surface area contributed by atoms with Gasteiger partial charge in [0.05, 0.1) is 13.3 Å². The number of methoxy groups -OCH3 is 1. The quantitative estimate of drug-likeness (QED) is 0.863. The lowest BCUT2D eigenvalue weighted by Gasteiger charge is -2.46. The topological polar surface area (TPSA) is 51.4 Å². The van der Waals surface area contributed by atoms with Gasteiger partial charge in [-0.05, 0) is 70.2 Å². The van der Waals surface area contributed by atoms with Crippen LogP contribution >= 0.6 is 0 Å². The third kappa shape index (κ3) is 2.44. The lowest BCUT2D eigenvalue weighted by atomic mass is 9.72. The molecule has 3 rings (SSSR count). The van der Waals surface area contributed by atoms with Crippen molar-refractivity contribution < 1.29 is 4.74 Å². The predicted octanol–water partition coefficient (Wildman–Crippen LogP) is 2.53. The summed E-state index contributed by atoms with van der Waals surface area (Å²) in [5.41, 5.74) is 9.43. The zero-order chi connectivity index (χ0) is 15.3. The Morgan fingerprint density at radius 2 is 2.00 bits per heavy atom. The molecule has 4 heteroatoms. The second-order valence-electron chi connectivity index (χ2n) is 7.59. The molecular weight excluding hydrogens is 262 g/mol. The molecule has 1 fully saturated rings. The monoisotopic (exact) mass is 289 g/mol. The number of likely N-dealkylation sites (tertiary alicyclic amines) is 1. The van der Waals surface area contributed by atoms with E-state index in [0.29, 0.717) is 0 Å². The first-order valence-corrected chi connectivity index (χ1v) is 7.89. The second kappa shape index (κ2) is 4.96. The number of pyridine rings is 1. The van der Waals surface area contributed by atoms with Crippen LogP contribution in [0.15, 0.2) is 12.3 Å². The Labute approximate surface area is 127 Å². The average Bonchev–Trinajstić information content (AvgIpc) is 2.71. The first kappa shape index (κ1) is 14.8. The van der Waals surface area contributed by atoms with Crippen LogP contribution in [0.4, 0.5) is 0 Å². The van der Waals surface area contributed by atoms with Gasteiger partial charge in [-0.1, -0.05) is 0 Å². The summed E-state index contributed by atoms with van der Waals surface area (Å²) < 4.78 is 5.30. The van der Waals surface area contributed by atoms with Gasteiger partial charge in [-0.3, -0.25) is 9.88 Å². The zero-order valence-electron chi connectivity index (χ0n) is 13.6. The van der Waals surface area contributed by atoms with Crippen LogP contribution in [-0.2, 0) is 6.42 Å². The molecule has 0 bridgehead atoms. The molecule has 0 saturated carbocycles. The van der Waals surface area contributed by atoms with Crippen LogP contribution in [0.25, 0.3) is 0 Å². The fourth-order valence-corrected chi connectivity index (χ4v) is 3.90. The Bertz CT molecular complexity index is 527. The number of fused-ring (bicyclic) bond motifs is 1. The van der Waals surface area contributed by atoms with Gasteiger partial charge in [0, 0.05) is 17.3 Å². The normalized spacial score (nSPS) is 25.1. The molecule has 1 aromatic heterocycles. The molecule has 2 heterocycles. The molecule has 1 aromatic rings. The first-order chi connectivity index (χ1) is 9.86. The minimum atomic E-state index is 0.0946. The van der Waals surface area contributed by atoms with Gasteiger partial charge in [-0.15, -0.1) is 0 Å². The molecule has 1 atom stereocenters. The van der Waals surface area contributed by atoms with E-state index in [0.717, 1.165) is 38.1 Å². The number of nitrogens with two attached hydrogens (primary N) is 1. The van der Waals surface area contributed by atoms with E-state index < -0.39 is 0 Å². The maximum Gasteiger partial charge on any atom is 0.137 e. The SMILES string of the molecule is COc1cnc2c(c1)[C@H](N)C1(CCN(C(C)(C)C)CC1)C2. The number of ether oxygens (including phenoxy) is 1. The maximum absolute atomic E-state index is 6.62. The highest BCUT2D eigenvalue weighted by molar-refractivity contribution is 5.38. The van der Waals surface area contributed by atoms with Crippen LogP contribution in [0.2, 0.25) is 0 Å². The van der Waals surface area contributed by atoms with Crippen LogP contribution < -0.4 is 10.5 Å². The number of hydrogen-bond acceptors (Lipinski definition) is 4. The third-order valence-corrected chi connectivity index (χ3v) is 5.44. The molecule has 2 N–H and O–H groups in total. The van der Waals surface area contributed by atoms with Gasteiger partial charge >= 0.3 is 0 Å². The Kier molecular flexibility index (Phi) is 3.49. The van der Waals surface area contributed by atoms with Gasteiger partial charge in [0.2, 0.25) is 0 Å². The van der Waals surface area contributed by atoms with Crippen molar-refractivity contribution in [1.29, 1.82) is 0 Å². The highest BCUT2D eigenvalue weighted by Gasteiger charge is 2.47. The van der Waals surface area contributed by atoms with Gasteiger partial charge < -0.3 is 10.5 Å². The van der Waals surface area contributed by atoms with Gasteiger partial charge in [-0.2, -0.15) is 0 Å². The number of piperidine rings is 1. The Balaban J connectivity index is 1.80. The van der Waals surface area contributed by atoms with E-state index in [-0.39, 0.29) is 17.0 Å². The largest absolute Gasteiger partial charge is 0.495 e. The summed E-state index contributed by atoms with van der Waals surface area (Å²) in [7, 11) is 1.68. The second-order valence-corrected chi connectivity index (χ2v) is 7.59. The summed E-state index contributed by atoms with van der Waals surface area (Å²) in [5, 5.41) is 0. The molecule has 1 aliphatic carbocycles. The van der Waals surface area contributed by atoms with E-state index in [1.807, 2.05) is 6.20 Å². The molecule has 0 unspecified atom stereocenters. The van der Waals surface area contributed by atoms with Crippen molar-refractivity contribution in [3.63, 3.8) is 0 Å². The maximum atomic E-state index is 6.62. The van der Waals surface area contributed by atoms with Gasteiger partial charge in [0.25, 0.3) is 0 Å². The van der Waals surface area contributed by atoms with E-state index in [1.165, 1.54) is 11.3 Å². The summed E-state index contributed by atoms with van der Waals surface area (Å²) in [6.07, 6.45) is 5.15. The lowest BCUT2D eigenvalue weighted by molar-refractivity contribution is 0.0343. The summed E-state index contributed by atoms with van der Waals surface area (Å²) in [6, 6.07) is 2.18. The number of rotatable bonds is 1. The van der Waals surface area contributed by atoms with Crippen molar-refractivity contribution in [1.82, 2.24) is 9.88 Å². The minimum absolute atomic E-state index is 0.0946. The molecular formula is C17H27N3O. The molecule has 1 saturated heterocycles. The van der Waals surface area contributed by atoms with Crippen LogP contribution in [-0.4, -0.2) is 35.6 Å². The summed E-state index contributed by atoms with van der Waals surface area (Å²) >= 11 is 0. The highest BCUT2D eigenvalue weighted by atomic mass is 16.5. The molecule has 1 aliphatic heterocycles. The lowest BCUT2D eigenvalue weighted by Crippen LogP contribution is -2.51. The first-order valence-electron chi connectivity index (χ1n) is 7.89. The zero-order valence-corrected chi connectivity index (χ0v) is 13.6. The van der Waals surface area contributed by atoms with Crippen molar-refractivity contribution in [2.75, 3.05) is 20.2 Å². The van der Waals surface area contributed by atoms with Crippen LogP contribution in [0.5, 0.6) is 5.75 Å². The Morgan fingerprint density at radius 1 is 1.33 bits per heavy atom. The molecule has 116 valence electrons. The van der Waals surface area contributed by atoms with Crippen molar-refractivity contribution in [2.24, 2.45) is 11.1 Å². The van der Waals surface area contributed by atoms with Crippen molar-refractivity contribution in [2.45, 2.75) is 51.6 Å². The molecule has 0 amide bonds. The van der Waals surface area contributed by atoms with Crippen LogP contribution in [0.1, 0.15) is 50.9 Å². The Hall–Kier alpha value is -1.13. The molecule has 0 aromatic carbocycles. The van der Waals surface area contributed by atoms with Crippen LogP contribution in [0.3, 0.4) is 0 Å². The van der Waals surface area contributed by atoms with Crippen molar-refractivity contribution >= 4 is 0 Å². The average molecular weight is 289 g/mol. The smallest absolute Gasteiger partial charge is 0.137 e. The van der Waals surface area contributed by atoms with E-state index in [1.54, 1.807) is 7.11 Å². The van der Waals surface area contributed by atoms with Crippen molar-refractivity contribution in [3.8, 4) is 5.75 Å². The predicted molar refractivity (Wildman–Crippen MR) is 84.4 cm³/mol. The number of hydrogen-bond donors (Lipinski definition) is 1. The third-order valence-electron chi connectivity index (χ3n) is 5.44. The molecule has 1 spiro atoms. The summed E-state index contributed by atoms with van der Waals surface area (Å²) in [6.45, 7) is 9.13.